The van der Waals surface area contributed by atoms with Crippen molar-refractivity contribution < 1.29 is 0 Å². The lowest BCUT2D eigenvalue weighted by molar-refractivity contribution is 1.29. The number of aromatic nitrogens is 2. The van der Waals surface area contributed by atoms with Crippen molar-refractivity contribution in [3.05, 3.63) is 84.4 Å². The zero-order valence-corrected chi connectivity index (χ0v) is 13.7. The number of rotatable bonds is 4. The van der Waals surface area contributed by atoms with Crippen LogP contribution in [0.2, 0.25) is 0 Å². The number of hydrogen-bond acceptors (Lipinski definition) is 4. The Morgan fingerprint density at radius 1 is 0.708 bits per heavy atom. The van der Waals surface area contributed by atoms with Crippen molar-refractivity contribution >= 4 is 22.3 Å². The number of thiazole rings is 1. The van der Waals surface area contributed by atoms with Crippen molar-refractivity contribution in [2.45, 2.75) is 0 Å². The van der Waals surface area contributed by atoms with Crippen molar-refractivity contribution in [2.75, 3.05) is 5.32 Å². The lowest BCUT2D eigenvalue weighted by Gasteiger charge is -2.03. The molecule has 3 nitrogen and oxygen atoms in total. The first-order valence-corrected chi connectivity index (χ1v) is 8.56. The number of anilines is 2. The summed E-state index contributed by atoms with van der Waals surface area (Å²) in [6.07, 6.45) is 1.76. The van der Waals surface area contributed by atoms with Gasteiger partial charge in [-0.3, -0.25) is 0 Å². The van der Waals surface area contributed by atoms with Crippen molar-refractivity contribution in [3.63, 3.8) is 0 Å². The van der Waals surface area contributed by atoms with Gasteiger partial charge in [0.25, 0.3) is 0 Å². The van der Waals surface area contributed by atoms with E-state index >= 15 is 0 Å². The fraction of sp³-hybridized carbons (Fsp3) is 0. The Bertz CT molecular complexity index is 916. The van der Waals surface area contributed by atoms with E-state index in [0.29, 0.717) is 0 Å². The summed E-state index contributed by atoms with van der Waals surface area (Å²) in [6.45, 7) is 0. The molecule has 4 aromatic rings. The quantitative estimate of drug-likeness (QED) is 0.528. The topological polar surface area (TPSA) is 37.8 Å². The molecule has 0 saturated carbocycles. The Kier molecular flexibility index (Phi) is 4.04. The van der Waals surface area contributed by atoms with Gasteiger partial charge < -0.3 is 5.32 Å². The van der Waals surface area contributed by atoms with Crippen LogP contribution in [-0.2, 0) is 0 Å². The average molecular weight is 329 g/mol. The Morgan fingerprint density at radius 3 is 2.17 bits per heavy atom. The molecular formula is C20H15N3S. The summed E-state index contributed by atoms with van der Waals surface area (Å²) >= 11 is 1.58. The molecule has 2 heterocycles. The minimum absolute atomic E-state index is 0.804. The molecule has 116 valence electrons. The summed E-state index contributed by atoms with van der Waals surface area (Å²) in [5.41, 5.74) is 4.51. The smallest absolute Gasteiger partial charge is 0.188 e. The van der Waals surface area contributed by atoms with Crippen LogP contribution >= 0.6 is 11.3 Å². The van der Waals surface area contributed by atoms with Crippen molar-refractivity contribution in [1.29, 1.82) is 0 Å². The molecule has 2 aromatic heterocycles. The van der Waals surface area contributed by atoms with Crippen LogP contribution in [0.25, 0.3) is 22.4 Å². The normalized spacial score (nSPS) is 10.5. The highest BCUT2D eigenvalue weighted by Gasteiger charge is 2.06. The van der Waals surface area contributed by atoms with Gasteiger partial charge in [0.05, 0.1) is 5.69 Å². The summed E-state index contributed by atoms with van der Waals surface area (Å²) in [4.78, 5) is 8.90. The van der Waals surface area contributed by atoms with E-state index in [0.717, 1.165) is 22.2 Å². The first kappa shape index (κ1) is 14.6. The van der Waals surface area contributed by atoms with Crippen molar-refractivity contribution in [1.82, 2.24) is 9.97 Å². The van der Waals surface area contributed by atoms with Crippen LogP contribution in [-0.4, -0.2) is 9.97 Å². The number of pyridine rings is 1. The molecule has 0 unspecified atom stereocenters. The molecule has 2 aromatic carbocycles. The predicted octanol–water partition coefficient (Wildman–Crippen LogP) is 5.62. The maximum atomic E-state index is 4.65. The maximum absolute atomic E-state index is 4.65. The Morgan fingerprint density at radius 2 is 1.42 bits per heavy atom. The second-order valence-electron chi connectivity index (χ2n) is 5.32. The van der Waals surface area contributed by atoms with Crippen LogP contribution in [0.5, 0.6) is 0 Å². The summed E-state index contributed by atoms with van der Waals surface area (Å²) in [5.74, 6) is 0.804. The predicted molar refractivity (Wildman–Crippen MR) is 101 cm³/mol. The molecule has 1 N–H and O–H groups in total. The van der Waals surface area contributed by atoms with Crippen molar-refractivity contribution in [2.24, 2.45) is 0 Å². The van der Waals surface area contributed by atoms with Crippen molar-refractivity contribution in [3.8, 4) is 22.4 Å². The first-order chi connectivity index (χ1) is 11.9. The minimum atomic E-state index is 0.804. The molecular weight excluding hydrogens is 314 g/mol. The van der Waals surface area contributed by atoms with Gasteiger partial charge >= 0.3 is 0 Å². The van der Waals surface area contributed by atoms with Crippen LogP contribution in [0, 0.1) is 0 Å². The van der Waals surface area contributed by atoms with E-state index in [-0.39, 0.29) is 0 Å². The van der Waals surface area contributed by atoms with Gasteiger partial charge in [-0.2, -0.15) is 0 Å². The van der Waals surface area contributed by atoms with Gasteiger partial charge in [-0.1, -0.05) is 60.7 Å². The lowest BCUT2D eigenvalue weighted by atomic mass is 10.0. The van der Waals surface area contributed by atoms with Gasteiger partial charge in [0, 0.05) is 17.1 Å². The maximum Gasteiger partial charge on any atom is 0.188 e. The number of nitrogens with zero attached hydrogens (tertiary/aromatic N) is 2. The molecule has 0 amide bonds. The molecule has 0 atom stereocenters. The molecule has 4 heteroatoms. The molecule has 0 saturated heterocycles. The van der Waals surface area contributed by atoms with Gasteiger partial charge in [-0.05, 0) is 23.3 Å². The zero-order chi connectivity index (χ0) is 16.2. The van der Waals surface area contributed by atoms with Crippen LogP contribution < -0.4 is 5.32 Å². The van der Waals surface area contributed by atoms with E-state index in [1.165, 1.54) is 11.1 Å². The standard InChI is InChI=1S/C20H15N3S/c1-2-6-15(7-3-1)16-9-11-17(12-10-16)18-14-24-20(22-18)23-19-8-4-5-13-21-19/h1-14H,(H,21,22,23). The fourth-order valence-corrected chi connectivity index (χ4v) is 3.20. The molecule has 0 aliphatic carbocycles. The highest BCUT2D eigenvalue weighted by atomic mass is 32.1. The van der Waals surface area contributed by atoms with E-state index in [9.17, 15) is 0 Å². The summed E-state index contributed by atoms with van der Waals surface area (Å²) < 4.78 is 0. The molecule has 0 aliphatic rings. The van der Waals surface area contributed by atoms with Crippen LogP contribution in [0.1, 0.15) is 0 Å². The van der Waals surface area contributed by atoms with E-state index in [2.05, 4.69) is 69.2 Å². The molecule has 24 heavy (non-hydrogen) atoms. The first-order valence-electron chi connectivity index (χ1n) is 7.68. The fourth-order valence-electron chi connectivity index (χ4n) is 2.47. The summed E-state index contributed by atoms with van der Waals surface area (Å²) in [5, 5.41) is 6.13. The lowest BCUT2D eigenvalue weighted by Crippen LogP contribution is -1.91. The molecule has 0 bridgehead atoms. The highest BCUT2D eigenvalue weighted by molar-refractivity contribution is 7.14. The van der Waals surface area contributed by atoms with Gasteiger partial charge in [0.1, 0.15) is 5.82 Å². The monoisotopic (exact) mass is 329 g/mol. The minimum Gasteiger partial charge on any atom is -0.316 e. The Hall–Kier alpha value is -2.98. The molecule has 4 rings (SSSR count). The number of hydrogen-bond donors (Lipinski definition) is 1. The summed E-state index contributed by atoms with van der Waals surface area (Å²) in [6, 6.07) is 24.6. The average Bonchev–Trinajstić information content (AvgIpc) is 3.12. The Balaban J connectivity index is 1.54. The van der Waals surface area contributed by atoms with E-state index in [4.69, 9.17) is 0 Å². The third-order valence-corrected chi connectivity index (χ3v) is 4.45. The van der Waals surface area contributed by atoms with Gasteiger partial charge in [0.2, 0.25) is 0 Å². The Labute approximate surface area is 144 Å². The third-order valence-electron chi connectivity index (χ3n) is 3.69. The molecule has 0 aliphatic heterocycles. The van der Waals surface area contributed by atoms with Crippen LogP contribution in [0.15, 0.2) is 84.4 Å². The molecule has 0 radical (unpaired) electrons. The van der Waals surface area contributed by atoms with E-state index in [1.54, 1.807) is 17.5 Å². The van der Waals surface area contributed by atoms with Gasteiger partial charge in [-0.25, -0.2) is 9.97 Å². The molecule has 0 spiro atoms. The number of nitrogens with one attached hydrogen (secondary N) is 1. The van der Waals surface area contributed by atoms with Crippen LogP contribution in [0.3, 0.4) is 0 Å². The second kappa shape index (κ2) is 6.64. The van der Waals surface area contributed by atoms with Gasteiger partial charge in [0.15, 0.2) is 5.13 Å². The van der Waals surface area contributed by atoms with Crippen LogP contribution in [0.4, 0.5) is 10.9 Å². The number of benzene rings is 2. The zero-order valence-electron chi connectivity index (χ0n) is 12.9. The van der Waals surface area contributed by atoms with Gasteiger partial charge in [-0.15, -0.1) is 11.3 Å². The SMILES string of the molecule is c1ccc(-c2ccc(-c3csc(Nc4ccccn4)n3)cc2)cc1. The third kappa shape index (κ3) is 3.19. The largest absolute Gasteiger partial charge is 0.316 e. The molecule has 0 fully saturated rings. The van der Waals surface area contributed by atoms with E-state index in [1.807, 2.05) is 24.3 Å². The summed E-state index contributed by atoms with van der Waals surface area (Å²) in [7, 11) is 0. The second-order valence-corrected chi connectivity index (χ2v) is 6.18. The van der Waals surface area contributed by atoms with E-state index < -0.39 is 0 Å². The highest BCUT2D eigenvalue weighted by Crippen LogP contribution is 2.28.